The largest absolute Gasteiger partial charge is 0.456 e. The molecule has 0 aliphatic heterocycles. The highest BCUT2D eigenvalue weighted by Gasteiger charge is 2.20. The zero-order valence-corrected chi connectivity index (χ0v) is 32.0. The highest BCUT2D eigenvalue weighted by molar-refractivity contribution is 7.26. The van der Waals surface area contributed by atoms with Crippen molar-refractivity contribution in [2.45, 2.75) is 0 Å². The number of thiophene rings is 1. The number of fused-ring (bicyclic) bond motifs is 8. The molecule has 0 saturated carbocycles. The Kier molecular flexibility index (Phi) is 7.40. The molecule has 0 saturated heterocycles. The third-order valence-electron chi connectivity index (χ3n) is 11.5. The van der Waals surface area contributed by atoms with Crippen molar-refractivity contribution >= 4 is 75.1 Å². The summed E-state index contributed by atoms with van der Waals surface area (Å²) < 4.78 is 8.79. The summed E-state index contributed by atoms with van der Waals surface area (Å²) >= 11 is 1.76. The molecule has 9 aromatic carbocycles. The number of furan rings is 1. The third kappa shape index (κ3) is 5.42. The van der Waals surface area contributed by atoms with Gasteiger partial charge in [0.15, 0.2) is 5.82 Å². The fourth-order valence-electron chi connectivity index (χ4n) is 8.53. The van der Waals surface area contributed by atoms with Crippen LogP contribution in [-0.2, 0) is 0 Å². The van der Waals surface area contributed by atoms with Crippen molar-refractivity contribution in [2.24, 2.45) is 0 Å². The molecule has 0 radical (unpaired) electrons. The summed E-state index contributed by atoms with van der Waals surface area (Å²) in [6, 6.07) is 69.2. The van der Waals surface area contributed by atoms with Crippen LogP contribution in [0.15, 0.2) is 199 Å². The Hall–Kier alpha value is -7.40. The van der Waals surface area contributed by atoms with Gasteiger partial charge in [-0.1, -0.05) is 152 Å². The topological polar surface area (TPSA) is 38.9 Å². The van der Waals surface area contributed by atoms with Crippen molar-refractivity contribution in [3.05, 3.63) is 194 Å². The molecule has 0 spiro atoms. The maximum absolute atomic E-state index is 6.51. The molecule has 0 aliphatic carbocycles. The standard InChI is InChI=1S/C54H32N2OS/c1-2-9-33(10-3-1)38-23-24-41-31-43(26-25-40(41)30-38)51-53-52(44-13-6-7-16-49(44)58-53)56-54(55-51)45-14-8-15-48-50(45)46-32-42(27-28-47(46)57-48)36-19-17-35(18-20-36)39-22-21-34-11-4-5-12-37(34)29-39/h1-32H. The van der Waals surface area contributed by atoms with E-state index in [9.17, 15) is 0 Å². The first-order chi connectivity index (χ1) is 28.7. The summed E-state index contributed by atoms with van der Waals surface area (Å²) in [7, 11) is 0. The van der Waals surface area contributed by atoms with Crippen LogP contribution in [-0.4, -0.2) is 9.97 Å². The van der Waals surface area contributed by atoms with Gasteiger partial charge in [0.25, 0.3) is 0 Å². The van der Waals surface area contributed by atoms with Crippen molar-refractivity contribution in [1.82, 2.24) is 9.97 Å². The van der Waals surface area contributed by atoms with Crippen LogP contribution in [0.2, 0.25) is 0 Å². The Morgan fingerprint density at radius 3 is 1.76 bits per heavy atom. The predicted octanol–water partition coefficient (Wildman–Crippen LogP) is 15.4. The fourth-order valence-corrected chi connectivity index (χ4v) is 9.68. The minimum Gasteiger partial charge on any atom is -0.456 e. The summed E-state index contributed by atoms with van der Waals surface area (Å²) in [5, 5.41) is 8.06. The molecule has 58 heavy (non-hydrogen) atoms. The van der Waals surface area contributed by atoms with E-state index in [0.29, 0.717) is 5.82 Å². The lowest BCUT2D eigenvalue weighted by atomic mass is 9.97. The smallest absolute Gasteiger partial charge is 0.161 e. The van der Waals surface area contributed by atoms with E-state index in [1.54, 1.807) is 11.3 Å². The molecule has 3 heterocycles. The third-order valence-corrected chi connectivity index (χ3v) is 12.6. The molecule has 0 aliphatic rings. The summed E-state index contributed by atoms with van der Waals surface area (Å²) in [5.41, 5.74) is 12.7. The van der Waals surface area contributed by atoms with Gasteiger partial charge in [0.2, 0.25) is 0 Å². The molecule has 270 valence electrons. The van der Waals surface area contributed by atoms with Crippen LogP contribution in [0.5, 0.6) is 0 Å². The molecule has 0 bridgehead atoms. The number of rotatable bonds is 5. The van der Waals surface area contributed by atoms with Crippen molar-refractivity contribution in [3.63, 3.8) is 0 Å². The SMILES string of the molecule is c1ccc(-c2ccc3cc(-c4nc(-c5cccc6oc7ccc(-c8ccc(-c9ccc%10ccccc%10c9)cc8)cc7c56)nc5c4sc4ccccc45)ccc3c2)cc1. The first-order valence-electron chi connectivity index (χ1n) is 19.5. The predicted molar refractivity (Wildman–Crippen MR) is 244 cm³/mol. The molecule has 0 unspecified atom stereocenters. The minimum atomic E-state index is 0.684. The van der Waals surface area contributed by atoms with Gasteiger partial charge in [0, 0.05) is 32.0 Å². The fraction of sp³-hybridized carbons (Fsp3) is 0. The van der Waals surface area contributed by atoms with Crippen LogP contribution < -0.4 is 0 Å². The van der Waals surface area contributed by atoms with Gasteiger partial charge in [-0.15, -0.1) is 11.3 Å². The average Bonchev–Trinajstić information content (AvgIpc) is 3.87. The molecular formula is C54H32N2OS. The van der Waals surface area contributed by atoms with E-state index in [1.807, 2.05) is 12.1 Å². The van der Waals surface area contributed by atoms with Crippen LogP contribution in [0.3, 0.4) is 0 Å². The van der Waals surface area contributed by atoms with Gasteiger partial charge in [-0.3, -0.25) is 0 Å². The van der Waals surface area contributed by atoms with Gasteiger partial charge < -0.3 is 4.42 Å². The molecular weight excluding hydrogens is 725 g/mol. The second kappa shape index (κ2) is 13.1. The van der Waals surface area contributed by atoms with E-state index < -0.39 is 0 Å². The maximum Gasteiger partial charge on any atom is 0.161 e. The maximum atomic E-state index is 6.51. The Bertz CT molecular complexity index is 3560. The van der Waals surface area contributed by atoms with Crippen molar-refractivity contribution in [3.8, 4) is 56.0 Å². The molecule has 0 amide bonds. The monoisotopic (exact) mass is 756 g/mol. The number of benzene rings is 9. The summed E-state index contributed by atoms with van der Waals surface area (Å²) in [4.78, 5) is 10.8. The van der Waals surface area contributed by atoms with E-state index in [1.165, 1.54) is 48.5 Å². The highest BCUT2D eigenvalue weighted by atomic mass is 32.1. The Balaban J connectivity index is 0.991. The molecule has 4 heteroatoms. The van der Waals surface area contributed by atoms with Gasteiger partial charge >= 0.3 is 0 Å². The molecule has 12 rings (SSSR count). The van der Waals surface area contributed by atoms with Gasteiger partial charge in [-0.25, -0.2) is 9.97 Å². The van der Waals surface area contributed by atoms with Crippen LogP contribution in [0.4, 0.5) is 0 Å². The lowest BCUT2D eigenvalue weighted by Gasteiger charge is -2.10. The van der Waals surface area contributed by atoms with E-state index in [-0.39, 0.29) is 0 Å². The van der Waals surface area contributed by atoms with Crippen molar-refractivity contribution < 1.29 is 4.42 Å². The van der Waals surface area contributed by atoms with Gasteiger partial charge in [0.1, 0.15) is 11.2 Å². The Morgan fingerprint density at radius 1 is 0.379 bits per heavy atom. The lowest BCUT2D eigenvalue weighted by Crippen LogP contribution is -1.94. The summed E-state index contributed by atoms with van der Waals surface area (Å²) in [5.74, 6) is 0.684. The van der Waals surface area contributed by atoms with E-state index >= 15 is 0 Å². The first-order valence-corrected chi connectivity index (χ1v) is 20.4. The van der Waals surface area contributed by atoms with Crippen molar-refractivity contribution in [2.75, 3.05) is 0 Å². The van der Waals surface area contributed by atoms with E-state index in [4.69, 9.17) is 14.4 Å². The molecule has 3 aromatic heterocycles. The quantitative estimate of drug-likeness (QED) is 0.176. The number of hydrogen-bond acceptors (Lipinski definition) is 4. The first kappa shape index (κ1) is 32.8. The van der Waals surface area contributed by atoms with Crippen LogP contribution in [0.25, 0.3) is 120 Å². The van der Waals surface area contributed by atoms with Crippen LogP contribution in [0.1, 0.15) is 0 Å². The van der Waals surface area contributed by atoms with Crippen molar-refractivity contribution in [1.29, 1.82) is 0 Å². The number of aromatic nitrogens is 2. The van der Waals surface area contributed by atoms with Crippen LogP contribution >= 0.6 is 11.3 Å². The molecule has 0 fully saturated rings. The Morgan fingerprint density at radius 2 is 0.966 bits per heavy atom. The zero-order valence-electron chi connectivity index (χ0n) is 31.2. The minimum absolute atomic E-state index is 0.684. The average molecular weight is 757 g/mol. The normalized spacial score (nSPS) is 11.8. The lowest BCUT2D eigenvalue weighted by molar-refractivity contribution is 0.669. The highest BCUT2D eigenvalue weighted by Crippen LogP contribution is 2.43. The zero-order chi connectivity index (χ0) is 38.2. The molecule has 0 atom stereocenters. The second-order valence-electron chi connectivity index (χ2n) is 14.9. The van der Waals surface area contributed by atoms with Crippen LogP contribution in [0, 0.1) is 0 Å². The van der Waals surface area contributed by atoms with E-state index in [0.717, 1.165) is 65.5 Å². The number of nitrogens with zero attached hydrogens (tertiary/aromatic N) is 2. The Labute approximate surface area is 338 Å². The molecule has 3 nitrogen and oxygen atoms in total. The molecule has 12 aromatic rings. The second-order valence-corrected chi connectivity index (χ2v) is 16.0. The van der Waals surface area contributed by atoms with Gasteiger partial charge in [0.05, 0.1) is 15.9 Å². The number of hydrogen-bond donors (Lipinski definition) is 0. The van der Waals surface area contributed by atoms with Gasteiger partial charge in [-0.05, 0) is 97.4 Å². The molecule has 0 N–H and O–H groups in total. The van der Waals surface area contributed by atoms with E-state index in [2.05, 4.69) is 182 Å². The summed E-state index contributed by atoms with van der Waals surface area (Å²) in [6.45, 7) is 0. The van der Waals surface area contributed by atoms with Gasteiger partial charge in [-0.2, -0.15) is 0 Å². The summed E-state index contributed by atoms with van der Waals surface area (Å²) in [6.07, 6.45) is 0.